The van der Waals surface area contributed by atoms with Crippen molar-refractivity contribution < 1.29 is 29.0 Å². The summed E-state index contributed by atoms with van der Waals surface area (Å²) >= 11 is 0. The Labute approximate surface area is 201 Å². The fraction of sp³-hybridized carbons (Fsp3) is 0.583. The van der Waals surface area contributed by atoms with E-state index in [4.69, 9.17) is 10.5 Å². The second-order valence-corrected chi connectivity index (χ2v) is 9.03. The second kappa shape index (κ2) is 13.5. The van der Waals surface area contributed by atoms with E-state index >= 15 is 0 Å². The van der Waals surface area contributed by atoms with Gasteiger partial charge in [-0.15, -0.1) is 0 Å². The van der Waals surface area contributed by atoms with Gasteiger partial charge in [0.1, 0.15) is 17.7 Å². The van der Waals surface area contributed by atoms with Crippen LogP contribution < -0.4 is 16.4 Å². The first-order chi connectivity index (χ1) is 15.9. The number of unbranched alkanes of at least 4 members (excludes halogenated alkanes) is 1. The van der Waals surface area contributed by atoms with Crippen LogP contribution in [0.2, 0.25) is 0 Å². The van der Waals surface area contributed by atoms with E-state index in [9.17, 15) is 24.3 Å². The standard InChI is InChI=1S/C24H38N4O6/c1-6-7-12-26-21(31)20(17-11-9-8-10-16(17)2)28(13-14-29)22(32)18(15-19(25)30)27-23(33)34-24(3,4)5/h8-11,18,20,29H,6-7,12-15H2,1-5H3,(H2,25,30)(H,26,31)(H,27,33). The molecule has 0 aliphatic rings. The lowest BCUT2D eigenvalue weighted by Crippen LogP contribution is -2.54. The summed E-state index contributed by atoms with van der Waals surface area (Å²) in [5.41, 5.74) is 5.82. The summed E-state index contributed by atoms with van der Waals surface area (Å²) in [5.74, 6) is -1.99. The number of aliphatic hydroxyl groups excluding tert-OH is 1. The van der Waals surface area contributed by atoms with Gasteiger partial charge in [0.25, 0.3) is 0 Å². The number of ether oxygens (including phenoxy) is 1. The largest absolute Gasteiger partial charge is 0.444 e. The first kappa shape index (κ1) is 28.9. The third kappa shape index (κ3) is 9.38. The Kier molecular flexibility index (Phi) is 11.5. The van der Waals surface area contributed by atoms with Crippen molar-refractivity contribution in [2.75, 3.05) is 19.7 Å². The number of aryl methyl sites for hydroxylation is 1. The number of aliphatic hydroxyl groups is 1. The lowest BCUT2D eigenvalue weighted by Gasteiger charge is -2.34. The highest BCUT2D eigenvalue weighted by molar-refractivity contribution is 5.94. The molecule has 4 amide bonds. The van der Waals surface area contributed by atoms with Crippen LogP contribution in [-0.4, -0.2) is 65.2 Å². The number of nitrogens with one attached hydrogen (secondary N) is 2. The maximum absolute atomic E-state index is 13.6. The van der Waals surface area contributed by atoms with Crippen molar-refractivity contribution in [1.29, 1.82) is 0 Å². The van der Waals surface area contributed by atoms with Crippen LogP contribution in [0.4, 0.5) is 4.79 Å². The summed E-state index contributed by atoms with van der Waals surface area (Å²) in [7, 11) is 0. The zero-order valence-corrected chi connectivity index (χ0v) is 20.7. The van der Waals surface area contributed by atoms with E-state index in [1.807, 2.05) is 26.0 Å². The molecular weight excluding hydrogens is 440 g/mol. The smallest absolute Gasteiger partial charge is 0.408 e. The monoisotopic (exact) mass is 478 g/mol. The first-order valence-corrected chi connectivity index (χ1v) is 11.4. The lowest BCUT2D eigenvalue weighted by atomic mass is 9.97. The summed E-state index contributed by atoms with van der Waals surface area (Å²) in [6.45, 7) is 8.54. The number of alkyl carbamates (subject to hydrolysis) is 1. The van der Waals surface area contributed by atoms with Gasteiger partial charge >= 0.3 is 6.09 Å². The molecule has 34 heavy (non-hydrogen) atoms. The van der Waals surface area contributed by atoms with Crippen molar-refractivity contribution in [1.82, 2.24) is 15.5 Å². The first-order valence-electron chi connectivity index (χ1n) is 11.4. The highest BCUT2D eigenvalue weighted by Gasteiger charge is 2.37. The van der Waals surface area contributed by atoms with Gasteiger partial charge in [-0.2, -0.15) is 0 Å². The predicted molar refractivity (Wildman–Crippen MR) is 128 cm³/mol. The van der Waals surface area contributed by atoms with E-state index in [0.717, 1.165) is 23.3 Å². The molecular formula is C24H38N4O6. The normalized spacial score (nSPS) is 12.9. The maximum Gasteiger partial charge on any atom is 0.408 e. The molecule has 190 valence electrons. The molecule has 0 saturated heterocycles. The minimum absolute atomic E-state index is 0.204. The third-order valence-electron chi connectivity index (χ3n) is 4.89. The molecule has 0 aromatic heterocycles. The van der Waals surface area contributed by atoms with E-state index in [1.54, 1.807) is 32.9 Å². The molecule has 1 aromatic carbocycles. The minimum Gasteiger partial charge on any atom is -0.444 e. The Morgan fingerprint density at radius 1 is 1.18 bits per heavy atom. The van der Waals surface area contributed by atoms with Gasteiger partial charge in [-0.25, -0.2) is 4.79 Å². The third-order valence-corrected chi connectivity index (χ3v) is 4.89. The maximum atomic E-state index is 13.6. The average Bonchev–Trinajstić information content (AvgIpc) is 2.72. The summed E-state index contributed by atoms with van der Waals surface area (Å²) in [6.07, 6.45) is 0.216. The molecule has 0 fully saturated rings. The molecule has 2 atom stereocenters. The number of nitrogens with zero attached hydrogens (tertiary/aromatic N) is 1. The molecule has 0 aliphatic carbocycles. The lowest BCUT2D eigenvalue weighted by molar-refractivity contribution is -0.143. The highest BCUT2D eigenvalue weighted by Crippen LogP contribution is 2.25. The molecule has 10 nitrogen and oxygen atoms in total. The fourth-order valence-electron chi connectivity index (χ4n) is 3.35. The van der Waals surface area contributed by atoms with Crippen LogP contribution in [0.3, 0.4) is 0 Å². The summed E-state index contributed by atoms with van der Waals surface area (Å²) in [5, 5.41) is 14.9. The van der Waals surface area contributed by atoms with Crippen molar-refractivity contribution in [2.24, 2.45) is 5.73 Å². The van der Waals surface area contributed by atoms with Gasteiger partial charge in [0.15, 0.2) is 0 Å². The van der Waals surface area contributed by atoms with Crippen LogP contribution in [0, 0.1) is 6.92 Å². The van der Waals surface area contributed by atoms with E-state index < -0.39 is 54.5 Å². The van der Waals surface area contributed by atoms with E-state index in [2.05, 4.69) is 10.6 Å². The average molecular weight is 479 g/mol. The van der Waals surface area contributed by atoms with E-state index in [0.29, 0.717) is 12.1 Å². The number of amides is 4. The van der Waals surface area contributed by atoms with Gasteiger partial charge in [0.2, 0.25) is 17.7 Å². The number of rotatable bonds is 12. The fourth-order valence-corrected chi connectivity index (χ4v) is 3.35. The predicted octanol–water partition coefficient (Wildman–Crippen LogP) is 1.54. The van der Waals surface area contributed by atoms with Gasteiger partial charge < -0.3 is 31.1 Å². The van der Waals surface area contributed by atoms with Crippen LogP contribution >= 0.6 is 0 Å². The summed E-state index contributed by atoms with van der Waals surface area (Å²) in [6, 6.07) is 4.62. The topological polar surface area (TPSA) is 151 Å². The molecule has 0 spiro atoms. The van der Waals surface area contributed by atoms with Gasteiger partial charge in [-0.1, -0.05) is 37.6 Å². The quantitative estimate of drug-likeness (QED) is 0.335. The number of benzene rings is 1. The van der Waals surface area contributed by atoms with E-state index in [-0.39, 0.29) is 6.54 Å². The van der Waals surface area contributed by atoms with Crippen molar-refractivity contribution in [3.05, 3.63) is 35.4 Å². The van der Waals surface area contributed by atoms with E-state index in [1.165, 1.54) is 0 Å². The van der Waals surface area contributed by atoms with Crippen LogP contribution in [0.15, 0.2) is 24.3 Å². The van der Waals surface area contributed by atoms with Crippen LogP contribution in [-0.2, 0) is 19.1 Å². The zero-order chi connectivity index (χ0) is 25.9. The van der Waals surface area contributed by atoms with Gasteiger partial charge in [-0.3, -0.25) is 14.4 Å². The number of primary amides is 1. The molecule has 5 N–H and O–H groups in total. The Morgan fingerprint density at radius 3 is 2.35 bits per heavy atom. The number of hydrogen-bond acceptors (Lipinski definition) is 6. The zero-order valence-electron chi connectivity index (χ0n) is 20.7. The number of carbonyl (C=O) groups is 4. The summed E-state index contributed by atoms with van der Waals surface area (Å²) in [4.78, 5) is 52.1. The van der Waals surface area contributed by atoms with Gasteiger partial charge in [0, 0.05) is 13.1 Å². The van der Waals surface area contributed by atoms with Crippen LogP contribution in [0.25, 0.3) is 0 Å². The minimum atomic E-state index is -1.38. The molecule has 0 heterocycles. The molecule has 1 aromatic rings. The van der Waals surface area contributed by atoms with Crippen LogP contribution in [0.5, 0.6) is 0 Å². The molecule has 0 radical (unpaired) electrons. The number of nitrogens with two attached hydrogens (primary N) is 1. The van der Waals surface area contributed by atoms with Crippen molar-refractivity contribution in [3.8, 4) is 0 Å². The van der Waals surface area contributed by atoms with Crippen molar-refractivity contribution >= 4 is 23.8 Å². The van der Waals surface area contributed by atoms with Crippen molar-refractivity contribution in [2.45, 2.75) is 71.6 Å². The Morgan fingerprint density at radius 2 is 1.82 bits per heavy atom. The second-order valence-electron chi connectivity index (χ2n) is 9.03. The van der Waals surface area contributed by atoms with Crippen molar-refractivity contribution in [3.63, 3.8) is 0 Å². The molecule has 10 heteroatoms. The Bertz CT molecular complexity index is 852. The number of carbonyl (C=O) groups excluding carboxylic acids is 4. The molecule has 0 aliphatic heterocycles. The Hall–Kier alpha value is -3.14. The molecule has 1 rings (SSSR count). The molecule has 0 bridgehead atoms. The highest BCUT2D eigenvalue weighted by atomic mass is 16.6. The van der Waals surface area contributed by atoms with Gasteiger partial charge in [-0.05, 0) is 45.2 Å². The molecule has 0 saturated carbocycles. The number of hydrogen-bond donors (Lipinski definition) is 4. The van der Waals surface area contributed by atoms with Gasteiger partial charge in [0.05, 0.1) is 13.0 Å². The van der Waals surface area contributed by atoms with Crippen LogP contribution in [0.1, 0.15) is 64.1 Å². The Balaban J connectivity index is 3.39. The SMILES string of the molecule is CCCCNC(=O)C(c1ccccc1C)N(CCO)C(=O)C(CC(N)=O)NC(=O)OC(C)(C)C. The summed E-state index contributed by atoms with van der Waals surface area (Å²) < 4.78 is 5.22. The molecule has 2 unspecified atom stereocenters.